The summed E-state index contributed by atoms with van der Waals surface area (Å²) >= 11 is 0. The number of fused-ring (bicyclic) bond motifs is 1. The van der Waals surface area contributed by atoms with Crippen molar-refractivity contribution < 1.29 is 0 Å². The Bertz CT molecular complexity index is 883. The maximum absolute atomic E-state index is 4.75. The van der Waals surface area contributed by atoms with E-state index >= 15 is 0 Å². The lowest BCUT2D eigenvalue weighted by molar-refractivity contribution is 0.801. The minimum atomic E-state index is 0.778. The molecule has 3 rings (SSSR count). The molecule has 0 saturated carbocycles. The molecule has 0 unspecified atom stereocenters. The van der Waals surface area contributed by atoms with Crippen LogP contribution >= 0.6 is 0 Å². The number of nitrogens with zero attached hydrogens (tertiary/aromatic N) is 3. The summed E-state index contributed by atoms with van der Waals surface area (Å²) in [5.41, 5.74) is 5.63. The molecular formula is C21H23N3. The molecule has 0 atom stereocenters. The van der Waals surface area contributed by atoms with Crippen molar-refractivity contribution in [3.05, 3.63) is 72.1 Å². The first kappa shape index (κ1) is 16.1. The largest absolute Gasteiger partial charge is 0.378 e. The van der Waals surface area contributed by atoms with Gasteiger partial charge in [0.1, 0.15) is 5.82 Å². The number of hydrogen-bond donors (Lipinski definition) is 0. The van der Waals surface area contributed by atoms with Crippen molar-refractivity contribution in [1.82, 2.24) is 9.55 Å². The number of anilines is 1. The second kappa shape index (κ2) is 6.75. The SMILES string of the molecule is C=C(C)Cn1c(C=Cc2ccc(N(C)C)cc2)nc2ccccc21. The van der Waals surface area contributed by atoms with E-state index in [0.29, 0.717) is 0 Å². The lowest BCUT2D eigenvalue weighted by atomic mass is 10.2. The topological polar surface area (TPSA) is 21.1 Å². The zero-order valence-electron chi connectivity index (χ0n) is 14.5. The quantitative estimate of drug-likeness (QED) is 0.627. The molecule has 24 heavy (non-hydrogen) atoms. The van der Waals surface area contributed by atoms with Gasteiger partial charge in [-0.05, 0) is 42.8 Å². The highest BCUT2D eigenvalue weighted by Gasteiger charge is 2.07. The summed E-state index contributed by atoms with van der Waals surface area (Å²) in [6, 6.07) is 16.7. The van der Waals surface area contributed by atoms with Gasteiger partial charge in [-0.2, -0.15) is 0 Å². The number of allylic oxidation sites excluding steroid dienone is 1. The smallest absolute Gasteiger partial charge is 0.134 e. The predicted molar refractivity (Wildman–Crippen MR) is 104 cm³/mol. The van der Waals surface area contributed by atoms with E-state index in [2.05, 4.69) is 58.5 Å². The zero-order chi connectivity index (χ0) is 17.1. The molecule has 0 aliphatic heterocycles. The molecule has 0 amide bonds. The highest BCUT2D eigenvalue weighted by atomic mass is 15.1. The van der Waals surface area contributed by atoms with E-state index in [0.717, 1.165) is 34.5 Å². The summed E-state index contributed by atoms with van der Waals surface area (Å²) in [6.45, 7) is 6.87. The minimum Gasteiger partial charge on any atom is -0.378 e. The van der Waals surface area contributed by atoms with Gasteiger partial charge in [0.15, 0.2) is 0 Å². The summed E-state index contributed by atoms with van der Waals surface area (Å²) in [6.07, 6.45) is 4.18. The Kier molecular flexibility index (Phi) is 4.52. The van der Waals surface area contributed by atoms with Crippen molar-refractivity contribution in [2.45, 2.75) is 13.5 Å². The molecule has 3 nitrogen and oxygen atoms in total. The number of imidazole rings is 1. The fourth-order valence-electron chi connectivity index (χ4n) is 2.71. The van der Waals surface area contributed by atoms with Crippen molar-refractivity contribution in [2.75, 3.05) is 19.0 Å². The summed E-state index contributed by atoms with van der Waals surface area (Å²) in [4.78, 5) is 6.85. The maximum Gasteiger partial charge on any atom is 0.134 e. The van der Waals surface area contributed by atoms with E-state index in [1.807, 2.05) is 39.2 Å². The van der Waals surface area contributed by atoms with Gasteiger partial charge in [-0.1, -0.05) is 42.5 Å². The lowest BCUT2D eigenvalue weighted by Gasteiger charge is -2.11. The Hall–Kier alpha value is -2.81. The molecule has 0 N–H and O–H groups in total. The van der Waals surface area contributed by atoms with Crippen LogP contribution in [0.2, 0.25) is 0 Å². The molecular weight excluding hydrogens is 294 g/mol. The van der Waals surface area contributed by atoms with Crippen LogP contribution in [0.3, 0.4) is 0 Å². The van der Waals surface area contributed by atoms with Crippen LogP contribution in [0.1, 0.15) is 18.3 Å². The van der Waals surface area contributed by atoms with E-state index in [-0.39, 0.29) is 0 Å². The molecule has 1 heterocycles. The van der Waals surface area contributed by atoms with E-state index in [4.69, 9.17) is 4.98 Å². The standard InChI is InChI=1S/C21H23N3/c1-16(2)15-24-20-8-6-5-7-19(20)22-21(24)14-11-17-9-12-18(13-10-17)23(3)4/h5-14H,1,15H2,2-4H3. The van der Waals surface area contributed by atoms with Crippen LogP contribution in [0.25, 0.3) is 23.2 Å². The fraction of sp³-hybridized carbons (Fsp3) is 0.190. The molecule has 122 valence electrons. The van der Waals surface area contributed by atoms with Crippen molar-refractivity contribution >= 4 is 28.9 Å². The van der Waals surface area contributed by atoms with Gasteiger partial charge in [0.2, 0.25) is 0 Å². The second-order valence-corrected chi connectivity index (χ2v) is 6.32. The normalized spacial score (nSPS) is 11.3. The van der Waals surface area contributed by atoms with Gasteiger partial charge in [0, 0.05) is 26.3 Å². The first-order valence-corrected chi connectivity index (χ1v) is 8.10. The minimum absolute atomic E-state index is 0.778. The molecule has 3 aromatic rings. The first-order chi connectivity index (χ1) is 11.5. The van der Waals surface area contributed by atoms with Crippen LogP contribution in [0.5, 0.6) is 0 Å². The Morgan fingerprint density at radius 3 is 2.46 bits per heavy atom. The maximum atomic E-state index is 4.75. The average molecular weight is 317 g/mol. The van der Waals surface area contributed by atoms with Gasteiger partial charge >= 0.3 is 0 Å². The van der Waals surface area contributed by atoms with Gasteiger partial charge in [-0.25, -0.2) is 4.98 Å². The summed E-state index contributed by atoms with van der Waals surface area (Å²) in [7, 11) is 4.09. The van der Waals surface area contributed by atoms with Crippen LogP contribution < -0.4 is 4.90 Å². The van der Waals surface area contributed by atoms with Crippen molar-refractivity contribution in [1.29, 1.82) is 0 Å². The van der Waals surface area contributed by atoms with Crippen LogP contribution in [0.15, 0.2) is 60.7 Å². The number of aromatic nitrogens is 2. The summed E-state index contributed by atoms with van der Waals surface area (Å²) in [5.74, 6) is 0.955. The second-order valence-electron chi connectivity index (χ2n) is 6.32. The monoisotopic (exact) mass is 317 g/mol. The molecule has 0 aliphatic rings. The number of para-hydroxylation sites is 2. The lowest BCUT2D eigenvalue weighted by Crippen LogP contribution is -2.07. The van der Waals surface area contributed by atoms with Crippen LogP contribution in [0, 0.1) is 0 Å². The van der Waals surface area contributed by atoms with E-state index in [9.17, 15) is 0 Å². The van der Waals surface area contributed by atoms with Crippen LogP contribution in [-0.2, 0) is 6.54 Å². The van der Waals surface area contributed by atoms with Gasteiger partial charge in [0.05, 0.1) is 11.0 Å². The summed E-state index contributed by atoms with van der Waals surface area (Å²) < 4.78 is 2.21. The third kappa shape index (κ3) is 3.40. The molecule has 0 spiro atoms. The Balaban J connectivity index is 1.95. The van der Waals surface area contributed by atoms with Crippen molar-refractivity contribution in [3.63, 3.8) is 0 Å². The molecule has 1 aromatic heterocycles. The zero-order valence-corrected chi connectivity index (χ0v) is 14.5. The highest BCUT2D eigenvalue weighted by Crippen LogP contribution is 2.20. The van der Waals surface area contributed by atoms with Crippen LogP contribution in [-0.4, -0.2) is 23.6 Å². The number of hydrogen-bond acceptors (Lipinski definition) is 2. The predicted octanol–water partition coefficient (Wildman–Crippen LogP) is 4.85. The number of benzene rings is 2. The fourth-order valence-corrected chi connectivity index (χ4v) is 2.71. The Morgan fingerprint density at radius 2 is 1.79 bits per heavy atom. The van der Waals surface area contributed by atoms with Gasteiger partial charge in [-0.3, -0.25) is 0 Å². The molecule has 3 heteroatoms. The van der Waals surface area contributed by atoms with Gasteiger partial charge < -0.3 is 9.47 Å². The Morgan fingerprint density at radius 1 is 1.08 bits per heavy atom. The first-order valence-electron chi connectivity index (χ1n) is 8.10. The van der Waals surface area contributed by atoms with Gasteiger partial charge in [0.25, 0.3) is 0 Å². The molecule has 0 bridgehead atoms. The van der Waals surface area contributed by atoms with Gasteiger partial charge in [-0.15, -0.1) is 0 Å². The summed E-state index contributed by atoms with van der Waals surface area (Å²) in [5, 5.41) is 0. The highest BCUT2D eigenvalue weighted by molar-refractivity contribution is 5.80. The van der Waals surface area contributed by atoms with Crippen LogP contribution in [0.4, 0.5) is 5.69 Å². The third-order valence-corrected chi connectivity index (χ3v) is 3.95. The molecule has 0 saturated heterocycles. The van der Waals surface area contributed by atoms with Crippen molar-refractivity contribution in [3.8, 4) is 0 Å². The number of rotatable bonds is 5. The molecule has 2 aromatic carbocycles. The van der Waals surface area contributed by atoms with Crippen molar-refractivity contribution in [2.24, 2.45) is 0 Å². The molecule has 0 aliphatic carbocycles. The average Bonchev–Trinajstić information content (AvgIpc) is 2.90. The molecule has 0 radical (unpaired) electrons. The third-order valence-electron chi connectivity index (χ3n) is 3.95. The Labute approximate surface area is 143 Å². The van der Waals surface area contributed by atoms with E-state index in [1.165, 1.54) is 5.69 Å². The van der Waals surface area contributed by atoms with E-state index < -0.39 is 0 Å². The van der Waals surface area contributed by atoms with E-state index in [1.54, 1.807) is 0 Å². The molecule has 0 fully saturated rings.